The van der Waals surface area contributed by atoms with E-state index in [0.717, 1.165) is 0 Å². The van der Waals surface area contributed by atoms with Crippen molar-refractivity contribution >= 4 is 44.6 Å². The van der Waals surface area contributed by atoms with Gasteiger partial charge in [0.05, 0.1) is 26.2 Å². The Bertz CT molecular complexity index is 1540. The summed E-state index contributed by atoms with van der Waals surface area (Å²) in [4.78, 5) is 38.2. The van der Waals surface area contributed by atoms with Gasteiger partial charge in [0.15, 0.2) is 11.5 Å². The van der Waals surface area contributed by atoms with Crippen molar-refractivity contribution in [1.82, 2.24) is 9.97 Å². The molecule has 2 aromatic carbocycles. The zero-order valence-electron chi connectivity index (χ0n) is 21.6. The predicted octanol–water partition coefficient (Wildman–Crippen LogP) is 2.10. The van der Waals surface area contributed by atoms with Crippen molar-refractivity contribution in [3.8, 4) is 11.5 Å². The minimum absolute atomic E-state index is 0.117. The highest BCUT2D eigenvalue weighted by atomic mass is 32.2. The van der Waals surface area contributed by atoms with Gasteiger partial charge in [-0.05, 0) is 11.6 Å². The van der Waals surface area contributed by atoms with E-state index in [1.807, 2.05) is 4.90 Å². The van der Waals surface area contributed by atoms with E-state index in [0.29, 0.717) is 59.8 Å². The number of carbonyl (C=O) groups excluding carboxylic acids is 2. The Balaban J connectivity index is 1.43. The number of quaternary nitrogens is 1. The number of hydrogen-bond donors (Lipinski definition) is 2. The first-order valence-corrected chi connectivity index (χ1v) is 14.1. The lowest BCUT2D eigenvalue weighted by Crippen LogP contribution is -2.64. The van der Waals surface area contributed by atoms with Gasteiger partial charge in [-0.3, -0.25) is 4.55 Å². The van der Waals surface area contributed by atoms with Gasteiger partial charge in [0.25, 0.3) is 0 Å². The Morgan fingerprint density at radius 2 is 1.69 bits per heavy atom. The third-order valence-electron chi connectivity index (χ3n) is 7.67. The maximum Gasteiger partial charge on any atom is 0.330 e. The van der Waals surface area contributed by atoms with E-state index in [1.54, 1.807) is 42.5 Å². The van der Waals surface area contributed by atoms with E-state index in [2.05, 4.69) is 9.97 Å². The molecule has 0 bridgehead atoms. The van der Waals surface area contributed by atoms with Gasteiger partial charge in [-0.2, -0.15) is 17.9 Å². The largest absolute Gasteiger partial charge is 0.493 e. The molecule has 2 unspecified atom stereocenters. The number of nitrogens with two attached hydrogens (primary N) is 1. The number of ether oxygens (including phenoxy) is 2. The minimum Gasteiger partial charge on any atom is -0.493 e. The molecular weight excluding hydrogens is 526 g/mol. The molecule has 3 aromatic rings. The van der Waals surface area contributed by atoms with Crippen molar-refractivity contribution in [3.63, 3.8) is 0 Å². The molecule has 39 heavy (non-hydrogen) atoms. The lowest BCUT2D eigenvalue weighted by Gasteiger charge is -2.40. The zero-order chi connectivity index (χ0) is 27.9. The van der Waals surface area contributed by atoms with Crippen LogP contribution in [-0.4, -0.2) is 78.5 Å². The van der Waals surface area contributed by atoms with Crippen LogP contribution in [0.1, 0.15) is 30.7 Å². The van der Waals surface area contributed by atoms with Crippen molar-refractivity contribution in [2.45, 2.75) is 31.2 Å². The summed E-state index contributed by atoms with van der Waals surface area (Å²) in [5, 5.41) is 0.601. The van der Waals surface area contributed by atoms with E-state index < -0.39 is 44.3 Å². The molecule has 1 aromatic heterocycles. The number of rotatable bonds is 7. The quantitative estimate of drug-likeness (QED) is 0.249. The second kappa shape index (κ2) is 10.1. The molecule has 2 atom stereocenters. The number of amides is 2. The van der Waals surface area contributed by atoms with Crippen LogP contribution in [0.3, 0.4) is 0 Å². The van der Waals surface area contributed by atoms with Crippen LogP contribution in [-0.2, 0) is 19.7 Å². The van der Waals surface area contributed by atoms with E-state index in [4.69, 9.17) is 15.2 Å². The number of piperidine rings is 1. The fourth-order valence-corrected chi connectivity index (χ4v) is 6.76. The van der Waals surface area contributed by atoms with Crippen LogP contribution in [0.15, 0.2) is 42.5 Å². The second-order valence-electron chi connectivity index (χ2n) is 9.83. The first-order chi connectivity index (χ1) is 18.6. The summed E-state index contributed by atoms with van der Waals surface area (Å²) in [6.07, 6.45) is 0.498. The van der Waals surface area contributed by atoms with E-state index in [1.165, 1.54) is 14.2 Å². The number of nitrogen functional groups attached to an aromatic ring is 1. The molecule has 2 aliphatic rings. The van der Waals surface area contributed by atoms with Gasteiger partial charge in [0.2, 0.25) is 11.8 Å². The van der Waals surface area contributed by atoms with Gasteiger partial charge in [-0.25, -0.2) is 14.6 Å². The molecule has 2 fully saturated rings. The van der Waals surface area contributed by atoms with Gasteiger partial charge >= 0.3 is 21.9 Å². The van der Waals surface area contributed by atoms with E-state index in [9.17, 15) is 22.6 Å². The number of aromatic nitrogens is 2. The molecule has 2 saturated heterocycles. The number of likely N-dealkylation sites (tertiary alicyclic amines) is 1. The van der Waals surface area contributed by atoms with E-state index >= 15 is 0 Å². The number of anilines is 2. The van der Waals surface area contributed by atoms with Gasteiger partial charge in [0.1, 0.15) is 17.8 Å². The molecule has 0 aliphatic carbocycles. The van der Waals surface area contributed by atoms with Gasteiger partial charge in [-0.1, -0.05) is 30.3 Å². The molecule has 0 saturated carbocycles. The van der Waals surface area contributed by atoms with Crippen molar-refractivity contribution in [2.24, 2.45) is 0 Å². The maximum atomic E-state index is 13.8. The number of imide groups is 1. The smallest absolute Gasteiger partial charge is 0.330 e. The summed E-state index contributed by atoms with van der Waals surface area (Å²) < 4.78 is 43.8. The summed E-state index contributed by atoms with van der Waals surface area (Å²) >= 11 is 0. The molecule has 3 heterocycles. The molecule has 0 radical (unpaired) electrons. The normalized spacial score (nSPS) is 22.4. The molecule has 2 aliphatic heterocycles. The van der Waals surface area contributed by atoms with Crippen LogP contribution < -0.4 is 20.1 Å². The van der Waals surface area contributed by atoms with Crippen LogP contribution in [0.2, 0.25) is 0 Å². The highest BCUT2D eigenvalue weighted by molar-refractivity contribution is 7.85. The number of benzene rings is 2. The summed E-state index contributed by atoms with van der Waals surface area (Å²) in [5.41, 5.74) is 7.45. The Labute approximate surface area is 225 Å². The number of hydrogen-bond acceptors (Lipinski definition) is 10. The Morgan fingerprint density at radius 1 is 1.05 bits per heavy atom. The van der Waals surface area contributed by atoms with Gasteiger partial charge in [-0.15, -0.1) is 0 Å². The minimum atomic E-state index is -4.64. The van der Waals surface area contributed by atoms with Crippen molar-refractivity contribution in [2.75, 3.05) is 43.8 Å². The fraction of sp³-hybridized carbons (Fsp3) is 0.385. The average molecular weight is 557 g/mol. The molecule has 5 rings (SSSR count). The molecule has 206 valence electrons. The van der Waals surface area contributed by atoms with Gasteiger partial charge < -0.3 is 20.1 Å². The van der Waals surface area contributed by atoms with Crippen molar-refractivity contribution < 1.29 is 36.5 Å². The molecule has 13 heteroatoms. The molecule has 12 nitrogen and oxygen atoms in total. The monoisotopic (exact) mass is 556 g/mol. The molecule has 0 spiro atoms. The number of carbonyl (C=O) groups is 2. The van der Waals surface area contributed by atoms with E-state index in [-0.39, 0.29) is 12.2 Å². The zero-order valence-corrected chi connectivity index (χ0v) is 22.4. The van der Waals surface area contributed by atoms with Crippen LogP contribution in [0.5, 0.6) is 11.5 Å². The first-order valence-electron chi connectivity index (χ1n) is 12.5. The number of methoxy groups -OCH3 is 2. The Morgan fingerprint density at radius 3 is 2.31 bits per heavy atom. The summed E-state index contributed by atoms with van der Waals surface area (Å²) in [6, 6.07) is 11.6. The number of fused-ring (bicyclic) bond motifs is 1. The van der Waals surface area contributed by atoms with Crippen LogP contribution in [0, 0.1) is 0 Å². The third-order valence-corrected chi connectivity index (χ3v) is 8.41. The molecule has 3 N–H and O–H groups in total. The molecular formula is C26H30N5O7S+. The average Bonchev–Trinajstić information content (AvgIpc) is 3.17. The highest BCUT2D eigenvalue weighted by Crippen LogP contribution is 2.41. The predicted molar refractivity (Wildman–Crippen MR) is 143 cm³/mol. The highest BCUT2D eigenvalue weighted by Gasteiger charge is 2.62. The van der Waals surface area contributed by atoms with Crippen LogP contribution in [0.4, 0.5) is 11.8 Å². The Hall–Kier alpha value is -3.81. The summed E-state index contributed by atoms with van der Waals surface area (Å²) in [7, 11) is -1.60. The standard InChI is InChI=1S/C26H29N5O7S/c1-37-21-12-19-20(14-22(21)38-2)28-26(29-24(19)27)30-10-8-17(9-11-30)31(15-39(34,35)36)23(32)13-18(25(31)33)16-6-4-3-5-7-16/h3-7,12,14,17-18H,8-11,13,15H2,1-2H3,(H2-,27,28,29,34,35,36)/p+1. The lowest BCUT2D eigenvalue weighted by molar-refractivity contribution is -0.790. The van der Waals surface area contributed by atoms with Crippen molar-refractivity contribution in [3.05, 3.63) is 48.0 Å². The van der Waals surface area contributed by atoms with Crippen LogP contribution >= 0.6 is 0 Å². The van der Waals surface area contributed by atoms with Crippen molar-refractivity contribution in [1.29, 1.82) is 0 Å². The second-order valence-corrected chi connectivity index (χ2v) is 11.3. The first kappa shape index (κ1) is 26.8. The van der Waals surface area contributed by atoms with Crippen LogP contribution in [0.25, 0.3) is 10.9 Å². The fourth-order valence-electron chi connectivity index (χ4n) is 5.77. The topological polar surface area (TPSA) is 162 Å². The third kappa shape index (κ3) is 4.77. The van der Waals surface area contributed by atoms with Gasteiger partial charge in [0, 0.05) is 37.4 Å². The summed E-state index contributed by atoms with van der Waals surface area (Å²) in [6.45, 7) is 0.704. The number of nitrogens with zero attached hydrogens (tertiary/aromatic N) is 4. The molecule has 2 amide bonds. The SMILES string of the molecule is COc1cc2nc(N3CCC([N+]4(CS(=O)(=O)O)C(=O)CC(c5ccccc5)C4=O)CC3)nc(N)c2cc1OC. The maximum absolute atomic E-state index is 13.8. The summed E-state index contributed by atoms with van der Waals surface area (Å²) in [5.74, 6) is -1.14. The Kier molecular flexibility index (Phi) is 6.91. The lowest BCUT2D eigenvalue weighted by atomic mass is 9.97.